The normalized spacial score (nSPS) is 10.8. The Morgan fingerprint density at radius 2 is 1.88 bits per heavy atom. The second-order valence-electron chi connectivity index (χ2n) is 4.47. The van der Waals surface area contributed by atoms with Gasteiger partial charge in [0, 0.05) is 28.4 Å². The number of carbonyl (C=O) groups is 1. The Kier molecular flexibility index (Phi) is 5.11. The first-order chi connectivity index (χ1) is 11.6. The number of thioether (sulfide) groups is 1. The van der Waals surface area contributed by atoms with Gasteiger partial charge in [-0.25, -0.2) is 15.0 Å². The van der Waals surface area contributed by atoms with Crippen LogP contribution in [0.4, 0.5) is 14.5 Å². The summed E-state index contributed by atoms with van der Waals surface area (Å²) in [6.45, 7) is 0. The summed E-state index contributed by atoms with van der Waals surface area (Å²) >= 11 is 1.72. The largest absolute Gasteiger partial charge is 0.321 e. The molecule has 0 aliphatic rings. The third-order valence-corrected chi connectivity index (χ3v) is 4.39. The lowest BCUT2D eigenvalue weighted by atomic mass is 10.3. The van der Waals surface area contributed by atoms with Crippen LogP contribution in [-0.4, -0.2) is 26.6 Å². The van der Waals surface area contributed by atoms with Crippen molar-refractivity contribution < 1.29 is 13.6 Å². The summed E-state index contributed by atoms with van der Waals surface area (Å²) in [6, 6.07) is 7.88. The third-order valence-electron chi connectivity index (χ3n) is 2.83. The van der Waals surface area contributed by atoms with Gasteiger partial charge in [0.2, 0.25) is 0 Å². The topological polar surface area (TPSA) is 67.8 Å². The van der Waals surface area contributed by atoms with Crippen LogP contribution in [0.3, 0.4) is 0 Å². The van der Waals surface area contributed by atoms with Crippen molar-refractivity contribution in [3.8, 4) is 10.8 Å². The highest BCUT2D eigenvalue weighted by molar-refractivity contribution is 7.99. The zero-order valence-electron chi connectivity index (χ0n) is 12.0. The quantitative estimate of drug-likeness (QED) is 0.688. The van der Waals surface area contributed by atoms with Crippen LogP contribution in [0, 0.1) is 0 Å². The van der Waals surface area contributed by atoms with Gasteiger partial charge in [0.25, 0.3) is 11.7 Å². The molecule has 1 aromatic carbocycles. The van der Waals surface area contributed by atoms with Crippen molar-refractivity contribution in [3.63, 3.8) is 0 Å². The number of alkyl halides is 2. The Morgan fingerprint density at radius 3 is 2.54 bits per heavy atom. The van der Waals surface area contributed by atoms with Gasteiger partial charge in [-0.3, -0.25) is 4.79 Å². The second kappa shape index (κ2) is 7.45. The van der Waals surface area contributed by atoms with E-state index in [1.54, 1.807) is 36.0 Å². The van der Waals surface area contributed by atoms with Crippen LogP contribution in [0.25, 0.3) is 10.8 Å². The molecule has 24 heavy (non-hydrogen) atoms. The van der Waals surface area contributed by atoms with Crippen molar-refractivity contribution >= 4 is 34.7 Å². The van der Waals surface area contributed by atoms with Gasteiger partial charge in [-0.1, -0.05) is 11.8 Å². The van der Waals surface area contributed by atoms with Crippen molar-refractivity contribution in [1.82, 2.24) is 15.0 Å². The predicted octanol–water partition coefficient (Wildman–Crippen LogP) is 4.17. The molecule has 122 valence electrons. The number of hydrogen-bond acceptors (Lipinski definition) is 6. The number of benzene rings is 1. The van der Waals surface area contributed by atoms with E-state index in [0.29, 0.717) is 33.2 Å². The Hall–Kier alpha value is -2.39. The van der Waals surface area contributed by atoms with Gasteiger partial charge in [-0.15, -0.1) is 11.3 Å². The van der Waals surface area contributed by atoms with Crippen molar-refractivity contribution in [2.75, 3.05) is 5.32 Å². The minimum absolute atomic E-state index is 0.244. The van der Waals surface area contributed by atoms with Crippen LogP contribution in [0.1, 0.15) is 10.5 Å². The molecule has 5 nitrogen and oxygen atoms in total. The summed E-state index contributed by atoms with van der Waals surface area (Å²) in [5.74, 6) is -2.41. The molecule has 9 heteroatoms. The molecule has 0 fully saturated rings. The van der Waals surface area contributed by atoms with E-state index in [4.69, 9.17) is 0 Å². The minimum Gasteiger partial charge on any atom is -0.321 e. The Balaban J connectivity index is 1.68. The Morgan fingerprint density at radius 1 is 1.17 bits per heavy atom. The molecular formula is C15H10F2N4OS2. The van der Waals surface area contributed by atoms with Crippen molar-refractivity contribution in [1.29, 1.82) is 0 Å². The van der Waals surface area contributed by atoms with Crippen LogP contribution in [0.2, 0.25) is 0 Å². The van der Waals surface area contributed by atoms with Crippen molar-refractivity contribution in [2.45, 2.75) is 10.7 Å². The summed E-state index contributed by atoms with van der Waals surface area (Å²) in [6.07, 6.45) is 3.20. The molecule has 0 spiro atoms. The van der Waals surface area contributed by atoms with E-state index in [0.717, 1.165) is 0 Å². The molecule has 0 aliphatic carbocycles. The van der Waals surface area contributed by atoms with Crippen LogP contribution in [0.15, 0.2) is 53.0 Å². The van der Waals surface area contributed by atoms with Gasteiger partial charge >= 0.3 is 0 Å². The summed E-state index contributed by atoms with van der Waals surface area (Å²) in [7, 11) is 0. The van der Waals surface area contributed by atoms with Crippen molar-refractivity contribution in [2.24, 2.45) is 0 Å². The van der Waals surface area contributed by atoms with E-state index >= 15 is 0 Å². The number of hydrogen-bond donors (Lipinski definition) is 1. The number of thiazole rings is 1. The van der Waals surface area contributed by atoms with Gasteiger partial charge in [-0.05, 0) is 30.3 Å². The lowest BCUT2D eigenvalue weighted by Gasteiger charge is -2.04. The lowest BCUT2D eigenvalue weighted by molar-refractivity contribution is 0.102. The van der Waals surface area contributed by atoms with Crippen LogP contribution < -0.4 is 5.32 Å². The molecule has 0 aliphatic heterocycles. The molecule has 1 N–H and O–H groups in total. The SMILES string of the molecule is O=C(Nc1ccc(SC(F)F)cc1)c1csc(-c2ncccn2)n1. The maximum atomic E-state index is 12.3. The highest BCUT2D eigenvalue weighted by atomic mass is 32.2. The van der Waals surface area contributed by atoms with E-state index in [-0.39, 0.29) is 11.6 Å². The molecule has 2 heterocycles. The highest BCUT2D eigenvalue weighted by Gasteiger charge is 2.13. The van der Waals surface area contributed by atoms with Crippen LogP contribution in [0.5, 0.6) is 0 Å². The zero-order valence-corrected chi connectivity index (χ0v) is 13.7. The molecule has 0 unspecified atom stereocenters. The maximum Gasteiger partial charge on any atom is 0.288 e. The van der Waals surface area contributed by atoms with E-state index < -0.39 is 5.76 Å². The average Bonchev–Trinajstić information content (AvgIpc) is 3.07. The van der Waals surface area contributed by atoms with Gasteiger partial charge < -0.3 is 5.32 Å². The predicted molar refractivity (Wildman–Crippen MR) is 89.4 cm³/mol. The molecule has 0 atom stereocenters. The van der Waals surface area contributed by atoms with E-state index in [2.05, 4.69) is 20.3 Å². The van der Waals surface area contributed by atoms with E-state index in [1.165, 1.54) is 23.5 Å². The third kappa shape index (κ3) is 4.12. The monoisotopic (exact) mass is 364 g/mol. The molecule has 3 aromatic rings. The highest BCUT2D eigenvalue weighted by Crippen LogP contribution is 2.26. The smallest absolute Gasteiger partial charge is 0.288 e. The number of nitrogens with one attached hydrogen (secondary N) is 1. The molecule has 1 amide bonds. The molecule has 0 bridgehead atoms. The zero-order chi connectivity index (χ0) is 16.9. The second-order valence-corrected chi connectivity index (χ2v) is 6.39. The summed E-state index contributed by atoms with van der Waals surface area (Å²) < 4.78 is 24.5. The van der Waals surface area contributed by atoms with Crippen molar-refractivity contribution in [3.05, 3.63) is 53.8 Å². The van der Waals surface area contributed by atoms with E-state index in [1.807, 2.05) is 0 Å². The fraction of sp³-hybridized carbons (Fsp3) is 0.0667. The fourth-order valence-corrected chi connectivity index (χ4v) is 3.05. The summed E-state index contributed by atoms with van der Waals surface area (Å²) in [5.41, 5.74) is 0.748. The average molecular weight is 364 g/mol. The molecular weight excluding hydrogens is 354 g/mol. The summed E-state index contributed by atoms with van der Waals surface area (Å²) in [4.78, 5) is 25.0. The van der Waals surface area contributed by atoms with Crippen LogP contribution >= 0.6 is 23.1 Å². The molecule has 0 radical (unpaired) electrons. The van der Waals surface area contributed by atoms with E-state index in [9.17, 15) is 13.6 Å². The minimum atomic E-state index is -2.47. The first-order valence-electron chi connectivity index (χ1n) is 6.71. The Labute approximate surface area is 144 Å². The van der Waals surface area contributed by atoms with Crippen LogP contribution in [-0.2, 0) is 0 Å². The maximum absolute atomic E-state index is 12.3. The van der Waals surface area contributed by atoms with Gasteiger partial charge in [0.05, 0.1) is 0 Å². The first-order valence-corrected chi connectivity index (χ1v) is 8.47. The molecule has 0 saturated heterocycles. The first kappa shape index (κ1) is 16.5. The number of amides is 1. The number of halogens is 2. The standard InChI is InChI=1S/C15H10F2N4OS2/c16-15(17)24-10-4-2-9(3-5-10)20-13(22)11-8-23-14(21-11)12-18-6-1-7-19-12/h1-8,15H,(H,20,22). The number of aromatic nitrogens is 3. The summed E-state index contributed by atoms with van der Waals surface area (Å²) in [5, 5.41) is 4.83. The molecule has 0 saturated carbocycles. The van der Waals surface area contributed by atoms with Gasteiger partial charge in [-0.2, -0.15) is 8.78 Å². The number of rotatable bonds is 5. The van der Waals surface area contributed by atoms with Gasteiger partial charge in [0.1, 0.15) is 5.69 Å². The molecule has 3 rings (SSSR count). The fourth-order valence-electron chi connectivity index (χ4n) is 1.81. The lowest BCUT2D eigenvalue weighted by Crippen LogP contribution is -2.12. The van der Waals surface area contributed by atoms with Gasteiger partial charge in [0.15, 0.2) is 10.8 Å². The number of nitrogens with zero attached hydrogens (tertiary/aromatic N) is 3. The number of anilines is 1. The number of carbonyl (C=O) groups excluding carboxylic acids is 1. The Bertz CT molecular complexity index is 825. The molecule has 2 aromatic heterocycles.